The third-order valence-electron chi connectivity index (χ3n) is 6.35. The van der Waals surface area contributed by atoms with Crippen molar-refractivity contribution in [1.82, 2.24) is 0 Å². The van der Waals surface area contributed by atoms with Crippen LogP contribution >= 0.6 is 0 Å². The van der Waals surface area contributed by atoms with Gasteiger partial charge in [0.1, 0.15) is 11.5 Å². The van der Waals surface area contributed by atoms with Gasteiger partial charge in [0, 0.05) is 17.7 Å². The average molecular weight is 427 g/mol. The number of para-hydroxylation sites is 2. The number of fused-ring (bicyclic) bond motifs is 1. The molecule has 2 N–H and O–H groups in total. The summed E-state index contributed by atoms with van der Waals surface area (Å²) in [5.41, 5.74) is 5.96. The standard InChI is InChI=1S/C27H26N2O3/c1-31-20-11-7-17(8-12-20)19-15-24-26(25(30)16-19)27(18-9-13-21(32-2)14-10-18)29-23-6-4-3-5-22(23)28-24/h3-14,19,27-29H,15-16H2,1-2H3/t19-,27-/m1/s1. The Morgan fingerprint density at radius 2 is 1.34 bits per heavy atom. The van der Waals surface area contributed by atoms with E-state index in [9.17, 15) is 4.79 Å². The number of methoxy groups -OCH3 is 2. The molecule has 0 amide bonds. The van der Waals surface area contributed by atoms with E-state index in [1.165, 1.54) is 0 Å². The van der Waals surface area contributed by atoms with Crippen molar-refractivity contribution in [3.05, 3.63) is 95.2 Å². The first-order valence-electron chi connectivity index (χ1n) is 10.8. The molecule has 5 rings (SSSR count). The number of anilines is 2. The van der Waals surface area contributed by atoms with E-state index in [4.69, 9.17) is 9.47 Å². The molecule has 0 spiro atoms. The molecule has 1 aliphatic heterocycles. The molecule has 0 bridgehead atoms. The number of carbonyl (C=O) groups is 1. The van der Waals surface area contributed by atoms with E-state index in [0.29, 0.717) is 6.42 Å². The predicted molar refractivity (Wildman–Crippen MR) is 126 cm³/mol. The van der Waals surface area contributed by atoms with Gasteiger partial charge in [-0.2, -0.15) is 0 Å². The molecule has 0 aromatic heterocycles. The first-order chi connectivity index (χ1) is 15.7. The molecule has 0 radical (unpaired) electrons. The quantitative estimate of drug-likeness (QED) is 0.562. The van der Waals surface area contributed by atoms with Crippen molar-refractivity contribution in [3.63, 3.8) is 0 Å². The second-order valence-electron chi connectivity index (χ2n) is 8.21. The molecule has 162 valence electrons. The summed E-state index contributed by atoms with van der Waals surface area (Å²) in [5, 5.41) is 7.20. The van der Waals surface area contributed by atoms with Crippen LogP contribution in [0.15, 0.2) is 84.1 Å². The predicted octanol–water partition coefficient (Wildman–Crippen LogP) is 5.68. The molecule has 5 nitrogen and oxygen atoms in total. The third-order valence-corrected chi connectivity index (χ3v) is 6.35. The summed E-state index contributed by atoms with van der Waals surface area (Å²) in [7, 11) is 3.32. The van der Waals surface area contributed by atoms with Crippen LogP contribution in [0.25, 0.3) is 0 Å². The maximum Gasteiger partial charge on any atom is 0.163 e. The van der Waals surface area contributed by atoms with Crippen molar-refractivity contribution in [2.24, 2.45) is 0 Å². The zero-order valence-corrected chi connectivity index (χ0v) is 18.2. The number of benzene rings is 3. The van der Waals surface area contributed by atoms with Gasteiger partial charge in [0.05, 0.1) is 31.6 Å². The Hall–Kier alpha value is -3.73. The zero-order valence-electron chi connectivity index (χ0n) is 18.2. The van der Waals surface area contributed by atoms with Crippen LogP contribution in [0.5, 0.6) is 11.5 Å². The number of nitrogens with one attached hydrogen (secondary N) is 2. The fourth-order valence-corrected chi connectivity index (χ4v) is 4.65. The van der Waals surface area contributed by atoms with Crippen molar-refractivity contribution in [1.29, 1.82) is 0 Å². The number of hydrogen-bond acceptors (Lipinski definition) is 5. The van der Waals surface area contributed by atoms with Crippen molar-refractivity contribution in [2.45, 2.75) is 24.8 Å². The van der Waals surface area contributed by atoms with E-state index in [-0.39, 0.29) is 17.7 Å². The second-order valence-corrected chi connectivity index (χ2v) is 8.21. The maximum absolute atomic E-state index is 13.6. The molecule has 0 unspecified atom stereocenters. The summed E-state index contributed by atoms with van der Waals surface area (Å²) in [4.78, 5) is 13.6. The van der Waals surface area contributed by atoms with Crippen LogP contribution in [0, 0.1) is 0 Å². The van der Waals surface area contributed by atoms with Crippen LogP contribution in [0.1, 0.15) is 35.9 Å². The number of hydrogen-bond donors (Lipinski definition) is 2. The lowest BCUT2D eigenvalue weighted by molar-refractivity contribution is -0.116. The van der Waals surface area contributed by atoms with E-state index in [0.717, 1.165) is 51.7 Å². The smallest absolute Gasteiger partial charge is 0.163 e. The second kappa shape index (κ2) is 8.42. The van der Waals surface area contributed by atoms with E-state index >= 15 is 0 Å². The van der Waals surface area contributed by atoms with Crippen molar-refractivity contribution in [2.75, 3.05) is 24.9 Å². The Labute approximate surface area is 188 Å². The fraction of sp³-hybridized carbons (Fsp3) is 0.222. The highest BCUT2D eigenvalue weighted by molar-refractivity contribution is 6.01. The van der Waals surface area contributed by atoms with E-state index in [1.807, 2.05) is 60.7 Å². The van der Waals surface area contributed by atoms with Gasteiger partial charge in [-0.05, 0) is 59.9 Å². The molecular weight excluding hydrogens is 400 g/mol. The maximum atomic E-state index is 13.6. The molecule has 1 heterocycles. The molecule has 32 heavy (non-hydrogen) atoms. The summed E-state index contributed by atoms with van der Waals surface area (Å²) in [5.74, 6) is 1.91. The molecule has 0 saturated heterocycles. The SMILES string of the molecule is COc1ccc([C@H]2CC(=O)C3=C(C2)Nc2ccccc2N[C@@H]3c2ccc(OC)cc2)cc1. The number of Topliss-reactive ketones (excluding diaryl/α,β-unsaturated/α-hetero) is 1. The van der Waals surface area contributed by atoms with Gasteiger partial charge in [0.2, 0.25) is 0 Å². The topological polar surface area (TPSA) is 59.6 Å². The molecule has 3 aromatic rings. The highest BCUT2D eigenvalue weighted by Gasteiger charge is 2.36. The summed E-state index contributed by atoms with van der Waals surface area (Å²) < 4.78 is 10.6. The molecule has 2 aliphatic rings. The van der Waals surface area contributed by atoms with E-state index in [1.54, 1.807) is 14.2 Å². The number of carbonyl (C=O) groups excluding carboxylic acids is 1. The largest absolute Gasteiger partial charge is 0.497 e. The first-order valence-corrected chi connectivity index (χ1v) is 10.8. The number of rotatable bonds is 4. The van der Waals surface area contributed by atoms with Gasteiger partial charge >= 0.3 is 0 Å². The Morgan fingerprint density at radius 1 is 0.750 bits per heavy atom. The summed E-state index contributed by atoms with van der Waals surface area (Å²) >= 11 is 0. The monoisotopic (exact) mass is 426 g/mol. The van der Waals surface area contributed by atoms with Crippen LogP contribution in [0.3, 0.4) is 0 Å². The molecule has 1 aliphatic carbocycles. The lowest BCUT2D eigenvalue weighted by Gasteiger charge is -2.30. The summed E-state index contributed by atoms with van der Waals surface area (Å²) in [6, 6.07) is 23.8. The minimum Gasteiger partial charge on any atom is -0.497 e. The summed E-state index contributed by atoms with van der Waals surface area (Å²) in [6.07, 6.45) is 1.26. The Bertz CT molecular complexity index is 1170. The Morgan fingerprint density at radius 3 is 1.97 bits per heavy atom. The highest BCUT2D eigenvalue weighted by Crippen LogP contribution is 2.44. The number of ketones is 1. The van der Waals surface area contributed by atoms with Gasteiger partial charge in [-0.15, -0.1) is 0 Å². The van der Waals surface area contributed by atoms with Crippen LogP contribution in [0.4, 0.5) is 11.4 Å². The van der Waals surface area contributed by atoms with Gasteiger partial charge in [-0.3, -0.25) is 4.79 Å². The number of allylic oxidation sites excluding steroid dienone is 1. The Kier molecular flexibility index (Phi) is 5.31. The lowest BCUT2D eigenvalue weighted by Crippen LogP contribution is -2.26. The van der Waals surface area contributed by atoms with Gasteiger partial charge in [0.15, 0.2) is 5.78 Å². The van der Waals surface area contributed by atoms with Crippen molar-refractivity contribution < 1.29 is 14.3 Å². The third kappa shape index (κ3) is 3.71. The van der Waals surface area contributed by atoms with Crippen molar-refractivity contribution in [3.8, 4) is 11.5 Å². The van der Waals surface area contributed by atoms with Crippen molar-refractivity contribution >= 4 is 17.2 Å². The van der Waals surface area contributed by atoms with Crippen LogP contribution in [-0.2, 0) is 4.79 Å². The zero-order chi connectivity index (χ0) is 22.1. The number of ether oxygens (including phenoxy) is 2. The van der Waals surface area contributed by atoms with Gasteiger partial charge in [-0.1, -0.05) is 36.4 Å². The minimum atomic E-state index is -0.226. The average Bonchev–Trinajstić information content (AvgIpc) is 3.01. The van der Waals surface area contributed by atoms with Crippen LogP contribution in [0.2, 0.25) is 0 Å². The highest BCUT2D eigenvalue weighted by atomic mass is 16.5. The van der Waals surface area contributed by atoms with Gasteiger partial charge in [0.25, 0.3) is 0 Å². The van der Waals surface area contributed by atoms with E-state index in [2.05, 4.69) is 22.8 Å². The summed E-state index contributed by atoms with van der Waals surface area (Å²) in [6.45, 7) is 0. The lowest BCUT2D eigenvalue weighted by atomic mass is 9.78. The fourth-order valence-electron chi connectivity index (χ4n) is 4.65. The van der Waals surface area contributed by atoms with E-state index < -0.39 is 0 Å². The van der Waals surface area contributed by atoms with Crippen LogP contribution in [-0.4, -0.2) is 20.0 Å². The van der Waals surface area contributed by atoms with Gasteiger partial charge < -0.3 is 20.1 Å². The van der Waals surface area contributed by atoms with Gasteiger partial charge in [-0.25, -0.2) is 0 Å². The molecule has 2 atom stereocenters. The van der Waals surface area contributed by atoms with Crippen LogP contribution < -0.4 is 20.1 Å². The minimum absolute atomic E-state index is 0.126. The molecular formula is C27H26N2O3. The molecule has 0 saturated carbocycles. The Balaban J connectivity index is 1.56. The normalized spacial score (nSPS) is 19.8. The molecule has 3 aromatic carbocycles. The first kappa shape index (κ1) is 20.2. The molecule has 5 heteroatoms. The molecule has 0 fully saturated rings.